The summed E-state index contributed by atoms with van der Waals surface area (Å²) in [5.41, 5.74) is 0. The summed E-state index contributed by atoms with van der Waals surface area (Å²) >= 11 is 0. The molecule has 1 aliphatic heterocycles. The van der Waals surface area contributed by atoms with E-state index < -0.39 is 5.97 Å². The predicted molar refractivity (Wildman–Crippen MR) is 111 cm³/mol. The fourth-order valence-electron chi connectivity index (χ4n) is 2.86. The topological polar surface area (TPSA) is 58.6 Å². The molecule has 0 spiro atoms. The van der Waals surface area contributed by atoms with Gasteiger partial charge >= 0.3 is 5.97 Å². The highest BCUT2D eigenvalue weighted by atomic mass is 16.5. The zero-order valence-corrected chi connectivity index (χ0v) is 17.1. The largest absolute Gasteiger partial charge is 0.481 e. The van der Waals surface area contributed by atoms with E-state index in [1.54, 1.807) is 0 Å². The quantitative estimate of drug-likeness (QED) is 0.286. The first-order chi connectivity index (χ1) is 12.8. The normalized spacial score (nSPS) is 14.2. The third kappa shape index (κ3) is 23.1. The van der Waals surface area contributed by atoms with E-state index in [-0.39, 0.29) is 0 Å². The van der Waals surface area contributed by atoms with Crippen molar-refractivity contribution in [1.82, 2.24) is 5.32 Å². The summed E-state index contributed by atoms with van der Waals surface area (Å²) in [7, 11) is 0. The van der Waals surface area contributed by atoms with Gasteiger partial charge in [0.15, 0.2) is 0 Å². The second-order valence-corrected chi connectivity index (χ2v) is 7.09. The first-order valence-electron chi connectivity index (χ1n) is 10.9. The van der Waals surface area contributed by atoms with E-state index in [4.69, 9.17) is 9.84 Å². The van der Waals surface area contributed by atoms with Crippen LogP contribution in [0.5, 0.6) is 0 Å². The van der Waals surface area contributed by atoms with Crippen LogP contribution in [-0.4, -0.2) is 37.4 Å². The Bertz CT molecular complexity index is 303. The van der Waals surface area contributed by atoms with Gasteiger partial charge in [0.05, 0.1) is 13.2 Å². The molecule has 4 nitrogen and oxygen atoms in total. The van der Waals surface area contributed by atoms with E-state index in [1.165, 1.54) is 70.6 Å². The zero-order valence-electron chi connectivity index (χ0n) is 17.1. The van der Waals surface area contributed by atoms with E-state index in [0.717, 1.165) is 39.1 Å². The Hall–Kier alpha value is -0.870. The molecule has 1 fully saturated rings. The molecule has 0 atom stereocenters. The second kappa shape index (κ2) is 22.2. The molecule has 0 aliphatic carbocycles. The number of aliphatic carboxylic acids is 1. The van der Waals surface area contributed by atoms with Gasteiger partial charge in [-0.2, -0.15) is 0 Å². The van der Waals surface area contributed by atoms with E-state index in [0.29, 0.717) is 6.42 Å². The third-order valence-corrected chi connectivity index (χ3v) is 4.50. The summed E-state index contributed by atoms with van der Waals surface area (Å²) in [6, 6.07) is 0. The Morgan fingerprint density at radius 1 is 0.846 bits per heavy atom. The number of morpholine rings is 1. The van der Waals surface area contributed by atoms with Crippen LogP contribution in [0.4, 0.5) is 0 Å². The van der Waals surface area contributed by atoms with Crippen molar-refractivity contribution in [2.24, 2.45) is 0 Å². The van der Waals surface area contributed by atoms with E-state index in [1.807, 2.05) is 0 Å². The molecule has 1 rings (SSSR count). The lowest BCUT2D eigenvalue weighted by Crippen LogP contribution is -2.30. The number of hydrogen-bond acceptors (Lipinski definition) is 3. The Morgan fingerprint density at radius 2 is 1.35 bits per heavy atom. The number of allylic oxidation sites excluding steroid dienone is 2. The van der Waals surface area contributed by atoms with Gasteiger partial charge in [0, 0.05) is 19.5 Å². The van der Waals surface area contributed by atoms with Crippen LogP contribution < -0.4 is 5.32 Å². The molecule has 2 N–H and O–H groups in total. The van der Waals surface area contributed by atoms with Crippen LogP contribution in [0.15, 0.2) is 12.2 Å². The van der Waals surface area contributed by atoms with Crippen molar-refractivity contribution in [3.05, 3.63) is 12.2 Å². The molecular weight excluding hydrogens is 326 g/mol. The lowest BCUT2D eigenvalue weighted by molar-refractivity contribution is -0.137. The monoisotopic (exact) mass is 369 g/mol. The highest BCUT2D eigenvalue weighted by Crippen LogP contribution is 2.09. The molecule has 1 saturated heterocycles. The van der Waals surface area contributed by atoms with Crippen LogP contribution >= 0.6 is 0 Å². The van der Waals surface area contributed by atoms with Gasteiger partial charge in [-0.15, -0.1) is 0 Å². The van der Waals surface area contributed by atoms with Gasteiger partial charge in [-0.3, -0.25) is 4.79 Å². The van der Waals surface area contributed by atoms with Crippen LogP contribution in [-0.2, 0) is 9.53 Å². The molecule has 0 aromatic carbocycles. The molecule has 0 aromatic heterocycles. The van der Waals surface area contributed by atoms with Crippen LogP contribution in [0.2, 0.25) is 0 Å². The van der Waals surface area contributed by atoms with Crippen LogP contribution in [0, 0.1) is 0 Å². The van der Waals surface area contributed by atoms with Crippen LogP contribution in [0.1, 0.15) is 96.8 Å². The molecular formula is C22H43NO3. The average Bonchev–Trinajstić information content (AvgIpc) is 2.66. The Kier molecular flexibility index (Phi) is 21.4. The second-order valence-electron chi connectivity index (χ2n) is 7.09. The maximum atomic E-state index is 10.3. The maximum Gasteiger partial charge on any atom is 0.303 e. The number of ether oxygens (including phenoxy) is 1. The van der Waals surface area contributed by atoms with Crippen molar-refractivity contribution in [3.8, 4) is 0 Å². The highest BCUT2D eigenvalue weighted by Gasteiger charge is 1.96. The predicted octanol–water partition coefficient (Wildman–Crippen LogP) is 5.71. The molecule has 0 unspecified atom stereocenters. The molecule has 0 radical (unpaired) electrons. The molecule has 0 saturated carbocycles. The number of rotatable bonds is 15. The Labute approximate surface area is 161 Å². The van der Waals surface area contributed by atoms with Gasteiger partial charge in [0.1, 0.15) is 0 Å². The van der Waals surface area contributed by atoms with Crippen molar-refractivity contribution in [1.29, 1.82) is 0 Å². The number of carboxylic acids is 1. The third-order valence-electron chi connectivity index (χ3n) is 4.50. The van der Waals surface area contributed by atoms with Gasteiger partial charge in [-0.25, -0.2) is 0 Å². The number of carboxylic acid groups (broad SMARTS) is 1. The van der Waals surface area contributed by atoms with Crippen molar-refractivity contribution in [2.45, 2.75) is 96.8 Å². The molecule has 0 bridgehead atoms. The van der Waals surface area contributed by atoms with E-state index in [9.17, 15) is 4.79 Å². The fraction of sp³-hybridized carbons (Fsp3) is 0.864. The first-order valence-corrected chi connectivity index (χ1v) is 10.9. The number of carbonyl (C=O) groups is 1. The SMILES string of the molecule is C1COCCN1.CCCCCCCC/C=C/CCCCCCCC(=O)O. The fourth-order valence-corrected chi connectivity index (χ4v) is 2.86. The molecule has 1 aliphatic rings. The van der Waals surface area contributed by atoms with Crippen molar-refractivity contribution in [3.63, 3.8) is 0 Å². The van der Waals surface area contributed by atoms with Crippen molar-refractivity contribution in [2.75, 3.05) is 26.3 Å². The molecule has 0 aromatic rings. The smallest absolute Gasteiger partial charge is 0.303 e. The van der Waals surface area contributed by atoms with Gasteiger partial charge in [-0.05, 0) is 32.1 Å². The number of nitrogens with one attached hydrogen (secondary N) is 1. The molecule has 1 heterocycles. The number of hydrogen-bond donors (Lipinski definition) is 2. The van der Waals surface area contributed by atoms with Gasteiger partial charge in [0.2, 0.25) is 0 Å². The number of unbranched alkanes of at least 4 members (excludes halogenated alkanes) is 11. The minimum absolute atomic E-state index is 0.332. The average molecular weight is 370 g/mol. The van der Waals surface area contributed by atoms with Crippen molar-refractivity contribution >= 4 is 5.97 Å². The summed E-state index contributed by atoms with van der Waals surface area (Å²) in [5.74, 6) is -0.664. The lowest BCUT2D eigenvalue weighted by atomic mass is 10.1. The minimum atomic E-state index is -0.664. The molecule has 26 heavy (non-hydrogen) atoms. The summed E-state index contributed by atoms with van der Waals surface area (Å²) in [5, 5.41) is 11.7. The molecule has 0 amide bonds. The summed E-state index contributed by atoms with van der Waals surface area (Å²) < 4.78 is 5.01. The molecule has 4 heteroatoms. The standard InChI is InChI=1S/C18H34O2.C4H9NO/c1-2-3-4-5-6-7-8-9-10-11-12-13-14-15-16-17-18(19)20;1-3-6-4-2-5-1/h9-10H,2-8,11-17H2,1H3,(H,19,20);5H,1-4H2/b10-9+;. The summed E-state index contributed by atoms with van der Waals surface area (Å²) in [6.07, 6.45) is 21.2. The lowest BCUT2D eigenvalue weighted by Gasteiger charge is -2.10. The molecule has 154 valence electrons. The van der Waals surface area contributed by atoms with E-state index in [2.05, 4.69) is 24.4 Å². The maximum absolute atomic E-state index is 10.3. The Balaban J connectivity index is 0.000000867. The van der Waals surface area contributed by atoms with Crippen molar-refractivity contribution < 1.29 is 14.6 Å². The van der Waals surface area contributed by atoms with E-state index >= 15 is 0 Å². The van der Waals surface area contributed by atoms with Crippen LogP contribution in [0.3, 0.4) is 0 Å². The van der Waals surface area contributed by atoms with Crippen LogP contribution in [0.25, 0.3) is 0 Å². The highest BCUT2D eigenvalue weighted by molar-refractivity contribution is 5.66. The zero-order chi connectivity index (χ0) is 19.1. The first kappa shape index (κ1) is 25.1. The minimum Gasteiger partial charge on any atom is -0.481 e. The van der Waals surface area contributed by atoms with Gasteiger partial charge in [-0.1, -0.05) is 70.4 Å². The summed E-state index contributed by atoms with van der Waals surface area (Å²) in [6.45, 7) is 6.09. The summed E-state index contributed by atoms with van der Waals surface area (Å²) in [4.78, 5) is 10.3. The Morgan fingerprint density at radius 3 is 1.77 bits per heavy atom. The van der Waals surface area contributed by atoms with Gasteiger partial charge < -0.3 is 15.2 Å². The van der Waals surface area contributed by atoms with Gasteiger partial charge in [0.25, 0.3) is 0 Å².